The van der Waals surface area contributed by atoms with Gasteiger partial charge in [0, 0.05) is 25.4 Å². The lowest BCUT2D eigenvalue weighted by Crippen LogP contribution is -2.62. The van der Waals surface area contributed by atoms with Gasteiger partial charge in [-0.05, 0) is 83.8 Å². The number of hydrogen-bond donors (Lipinski definition) is 0. The molecule has 0 aromatic heterocycles. The van der Waals surface area contributed by atoms with Crippen molar-refractivity contribution in [1.29, 1.82) is 0 Å². The van der Waals surface area contributed by atoms with Crippen molar-refractivity contribution in [1.82, 2.24) is 0 Å². The highest BCUT2D eigenvalue weighted by molar-refractivity contribution is 6.77. The Morgan fingerprint density at radius 3 is 1.68 bits per heavy atom. The third-order valence-corrected chi connectivity index (χ3v) is 30.9. The molecule has 2 aromatic rings. The van der Waals surface area contributed by atoms with Crippen molar-refractivity contribution in [3.8, 4) is 0 Å². The van der Waals surface area contributed by atoms with E-state index in [1.54, 1.807) is 0 Å². The average molecular weight is 928 g/mol. The molecular formula is C52H90O8Si3. The Morgan fingerprint density at radius 1 is 0.698 bits per heavy atom. The minimum atomic E-state index is -2.31. The molecule has 4 rings (SSSR count). The van der Waals surface area contributed by atoms with Crippen LogP contribution in [-0.4, -0.2) is 86.2 Å². The number of rotatable bonds is 26. The van der Waals surface area contributed by atoms with Gasteiger partial charge in [-0.1, -0.05) is 151 Å². The van der Waals surface area contributed by atoms with Gasteiger partial charge in [-0.3, -0.25) is 4.79 Å². The lowest BCUT2D eigenvalue weighted by molar-refractivity contribution is -0.215. The summed E-state index contributed by atoms with van der Waals surface area (Å²) >= 11 is 0. The van der Waals surface area contributed by atoms with E-state index in [0.29, 0.717) is 62.3 Å². The molecule has 0 saturated carbocycles. The summed E-state index contributed by atoms with van der Waals surface area (Å²) in [5.41, 5.74) is 2.58. The molecule has 0 aliphatic carbocycles. The van der Waals surface area contributed by atoms with Crippen LogP contribution in [0.4, 0.5) is 0 Å². The fourth-order valence-electron chi connectivity index (χ4n) is 11.0. The quantitative estimate of drug-likeness (QED) is 0.0682. The predicted octanol–water partition coefficient (Wildman–Crippen LogP) is 13.5. The monoisotopic (exact) mass is 927 g/mol. The van der Waals surface area contributed by atoms with E-state index in [4.69, 9.17) is 32.2 Å². The van der Waals surface area contributed by atoms with E-state index in [-0.39, 0.29) is 36.1 Å². The van der Waals surface area contributed by atoms with Gasteiger partial charge in [0.15, 0.2) is 30.7 Å². The van der Waals surface area contributed by atoms with Crippen molar-refractivity contribution in [2.45, 2.75) is 231 Å². The van der Waals surface area contributed by atoms with E-state index in [1.165, 1.54) is 0 Å². The van der Waals surface area contributed by atoms with Crippen LogP contribution < -0.4 is 0 Å². The zero-order valence-electron chi connectivity index (χ0n) is 42.2. The Bertz CT molecular complexity index is 1560. The Morgan fingerprint density at radius 2 is 1.19 bits per heavy atom. The summed E-state index contributed by atoms with van der Waals surface area (Å²) in [4.78, 5) is 14.7. The number of carbonyl (C=O) groups is 1. The minimum Gasteiger partial charge on any atom is -0.413 e. The molecule has 358 valence electrons. The molecule has 0 bridgehead atoms. The molecule has 2 fully saturated rings. The van der Waals surface area contributed by atoms with Gasteiger partial charge >= 0.3 is 0 Å². The van der Waals surface area contributed by atoms with E-state index in [1.807, 2.05) is 24.3 Å². The molecule has 0 unspecified atom stereocenters. The summed E-state index contributed by atoms with van der Waals surface area (Å²) in [6, 6.07) is 26.8. The zero-order valence-corrected chi connectivity index (χ0v) is 45.2. The molecule has 0 radical (unpaired) electrons. The molecule has 2 heterocycles. The summed E-state index contributed by atoms with van der Waals surface area (Å²) in [6.45, 7) is 34.1. The highest BCUT2D eigenvalue weighted by atomic mass is 28.4. The molecule has 8 nitrogen and oxygen atoms in total. The molecule has 8 atom stereocenters. The van der Waals surface area contributed by atoms with E-state index >= 15 is 0 Å². The first-order valence-corrected chi connectivity index (χ1v) is 32.3. The van der Waals surface area contributed by atoms with Crippen LogP contribution in [0.25, 0.3) is 0 Å². The first kappa shape index (κ1) is 54.1. The van der Waals surface area contributed by atoms with Crippen molar-refractivity contribution >= 4 is 30.7 Å². The first-order chi connectivity index (χ1) is 30.0. The maximum atomic E-state index is 14.7. The van der Waals surface area contributed by atoms with Gasteiger partial charge in [-0.2, -0.15) is 0 Å². The molecule has 63 heavy (non-hydrogen) atoms. The van der Waals surface area contributed by atoms with Crippen molar-refractivity contribution in [2.75, 3.05) is 13.2 Å². The molecule has 2 aliphatic rings. The van der Waals surface area contributed by atoms with E-state index in [9.17, 15) is 4.79 Å². The van der Waals surface area contributed by atoms with Crippen LogP contribution in [-0.2, 0) is 50.2 Å². The predicted molar refractivity (Wildman–Crippen MR) is 267 cm³/mol. The number of ether oxygens (including phenoxy) is 4. The summed E-state index contributed by atoms with van der Waals surface area (Å²) in [5.74, 6) is 0.166. The maximum Gasteiger partial charge on any atom is 0.200 e. The molecular weight excluding hydrogens is 837 g/mol. The number of benzene rings is 2. The van der Waals surface area contributed by atoms with Gasteiger partial charge in [0.05, 0.1) is 50.3 Å². The van der Waals surface area contributed by atoms with Crippen LogP contribution in [0.1, 0.15) is 134 Å². The summed E-state index contributed by atoms with van der Waals surface area (Å²) < 4.78 is 50.5. The first-order valence-electron chi connectivity index (χ1n) is 25.1. The smallest absolute Gasteiger partial charge is 0.200 e. The third-order valence-electron chi connectivity index (χ3n) is 15.6. The maximum absolute atomic E-state index is 14.7. The zero-order chi connectivity index (χ0) is 46.4. The van der Waals surface area contributed by atoms with Crippen LogP contribution in [0, 0.1) is 5.92 Å². The molecule has 0 spiro atoms. The largest absolute Gasteiger partial charge is 0.413 e. The van der Waals surface area contributed by atoms with Gasteiger partial charge in [-0.25, -0.2) is 0 Å². The van der Waals surface area contributed by atoms with Gasteiger partial charge < -0.3 is 32.2 Å². The van der Waals surface area contributed by atoms with E-state index in [0.717, 1.165) is 53.8 Å². The third kappa shape index (κ3) is 13.6. The number of carbonyl (C=O) groups excluding carboxylic acids is 1. The van der Waals surface area contributed by atoms with Gasteiger partial charge in [0.25, 0.3) is 0 Å². The number of hydrogen-bond acceptors (Lipinski definition) is 8. The lowest BCUT2D eigenvalue weighted by atomic mass is 9.84. The summed E-state index contributed by atoms with van der Waals surface area (Å²) in [6.07, 6.45) is -0.0624. The number of Topliss-reactive ketones (excluding diaryl/α,β-unsaturated/α-hetero) is 1. The molecule has 0 amide bonds. The summed E-state index contributed by atoms with van der Waals surface area (Å²) in [7, 11) is -6.61. The highest BCUT2D eigenvalue weighted by Gasteiger charge is 2.54. The van der Waals surface area contributed by atoms with Crippen LogP contribution >= 0.6 is 0 Å². The molecule has 2 saturated heterocycles. The SMILES string of the molecule is CC[Si](CC)(CC)O[C@H]1[C@H](C)[C@H](CCOCc2ccccc2)O[C@H](C[C@@H]2O[C@](C)(CO[Si](C(C)C)(C(C)C)C(C)C)[C@@H](OCc3ccccc3)CCC2=O)[C@H]1O[Si](CC)(CC)CC. The van der Waals surface area contributed by atoms with Gasteiger partial charge in [0.2, 0.25) is 0 Å². The Hall–Kier alpha value is -1.52. The van der Waals surface area contributed by atoms with E-state index < -0.39 is 42.8 Å². The molecule has 2 aliphatic heterocycles. The highest BCUT2D eigenvalue weighted by Crippen LogP contribution is 2.45. The van der Waals surface area contributed by atoms with Crippen LogP contribution in [0.15, 0.2) is 60.7 Å². The van der Waals surface area contributed by atoms with Crippen LogP contribution in [0.5, 0.6) is 0 Å². The van der Waals surface area contributed by atoms with Gasteiger partial charge in [0.1, 0.15) is 11.7 Å². The van der Waals surface area contributed by atoms with Crippen LogP contribution in [0.2, 0.25) is 52.9 Å². The Balaban J connectivity index is 1.77. The Labute approximate surface area is 388 Å². The topological polar surface area (TPSA) is 81.7 Å². The van der Waals surface area contributed by atoms with Crippen LogP contribution in [0.3, 0.4) is 0 Å². The molecule has 2 aromatic carbocycles. The van der Waals surface area contributed by atoms with Crippen molar-refractivity contribution in [3.05, 3.63) is 71.8 Å². The molecule has 0 N–H and O–H groups in total. The second-order valence-electron chi connectivity index (χ2n) is 20.1. The number of ketones is 1. The minimum absolute atomic E-state index is 0.0711. The summed E-state index contributed by atoms with van der Waals surface area (Å²) in [5, 5.41) is 0. The lowest BCUT2D eigenvalue weighted by Gasteiger charge is -2.52. The fraction of sp³-hybridized carbons (Fsp3) is 0.750. The normalized spacial score (nSPS) is 26.5. The second kappa shape index (κ2) is 25.0. The average Bonchev–Trinajstić information content (AvgIpc) is 3.39. The Kier molecular flexibility index (Phi) is 21.5. The standard InChI is InChI=1S/C52H90O8Si3/c1-15-61(16-2,17-3)59-50-42(13)46(33-34-54-36-43-27-23-21-24-28-43)57-48(51(50)60-62(18-4,19-5)20-6)35-47-45(53)31-32-49(55-37-44-29-25-22-26-30-44)52(14,58-47)38-56-63(39(7)8,40(9)10)41(11)12/h21-30,39-42,46-51H,15-20,31-38H2,1-14H3/t42-,46+,47+,48-,49+,50+,51-,52-/m1/s1. The molecule has 11 heteroatoms. The van der Waals surface area contributed by atoms with E-state index in [2.05, 4.69) is 133 Å². The van der Waals surface area contributed by atoms with Crippen molar-refractivity contribution in [3.63, 3.8) is 0 Å². The van der Waals surface area contributed by atoms with Gasteiger partial charge in [-0.15, -0.1) is 0 Å². The fourth-order valence-corrected chi connectivity index (χ4v) is 22.4. The second-order valence-corrected chi connectivity index (χ2v) is 35.0. The van der Waals surface area contributed by atoms with Crippen molar-refractivity contribution in [2.24, 2.45) is 5.92 Å². The van der Waals surface area contributed by atoms with Crippen molar-refractivity contribution < 1.29 is 37.0 Å².